The van der Waals surface area contributed by atoms with E-state index in [1.807, 2.05) is 12.3 Å². The minimum absolute atomic E-state index is 0.130. The van der Waals surface area contributed by atoms with Crippen LogP contribution in [-0.4, -0.2) is 31.8 Å². The van der Waals surface area contributed by atoms with Gasteiger partial charge < -0.3 is 0 Å². The van der Waals surface area contributed by atoms with Gasteiger partial charge in [0, 0.05) is 11.1 Å². The summed E-state index contributed by atoms with van der Waals surface area (Å²) in [5.41, 5.74) is 0.975. The number of nitrogens with zero attached hydrogens (tertiary/aromatic N) is 3. The lowest BCUT2D eigenvalue weighted by Gasteiger charge is -1.98. The zero-order chi connectivity index (χ0) is 11.4. The third-order valence-corrected chi connectivity index (χ3v) is 3.74. The summed E-state index contributed by atoms with van der Waals surface area (Å²) in [6.07, 6.45) is 1.34. The fraction of sp³-hybridized carbons (Fsp3) is 0.250. The van der Waals surface area contributed by atoms with Gasteiger partial charge in [-0.15, -0.1) is 11.3 Å². The molecule has 16 heavy (non-hydrogen) atoms. The summed E-state index contributed by atoms with van der Waals surface area (Å²) < 4.78 is 0.894. The monoisotopic (exact) mass is 255 g/mol. The zero-order valence-corrected chi connectivity index (χ0v) is 10.1. The molecule has 2 heterocycles. The van der Waals surface area contributed by atoms with Crippen LogP contribution in [0.3, 0.4) is 0 Å². The Labute approximate surface area is 99.9 Å². The molecular weight excluding hydrogens is 246 g/mol. The lowest BCUT2D eigenvalue weighted by Crippen LogP contribution is -2.14. The largest absolute Gasteiger partial charge is 0.294 e. The molecule has 2 N–H and O–H groups in total. The van der Waals surface area contributed by atoms with Crippen molar-refractivity contribution in [3.8, 4) is 0 Å². The highest BCUT2D eigenvalue weighted by atomic mass is 32.2. The van der Waals surface area contributed by atoms with Crippen molar-refractivity contribution in [3.63, 3.8) is 0 Å². The topological polar surface area (TPSA) is 83.6 Å². The van der Waals surface area contributed by atoms with Crippen LogP contribution in [0.25, 0.3) is 0 Å². The number of amides is 1. The van der Waals surface area contributed by atoms with E-state index >= 15 is 0 Å². The quantitative estimate of drug-likeness (QED) is 0.804. The second-order valence-electron chi connectivity index (χ2n) is 2.93. The number of hydrogen-bond acceptors (Lipinski definition) is 6. The molecule has 0 radical (unpaired) electrons. The van der Waals surface area contributed by atoms with Crippen molar-refractivity contribution in [2.75, 3.05) is 11.1 Å². The number of nitrogens with one attached hydrogen (secondary N) is 2. The number of carbonyl (C=O) groups excluding carboxylic acids is 1. The molecule has 0 aliphatic heterocycles. The number of H-pyrrole nitrogens is 1. The lowest BCUT2D eigenvalue weighted by atomic mass is 10.6. The van der Waals surface area contributed by atoms with E-state index in [0.29, 0.717) is 11.7 Å². The van der Waals surface area contributed by atoms with Gasteiger partial charge in [-0.3, -0.25) is 10.1 Å². The molecule has 0 bridgehead atoms. The molecule has 2 aromatic rings. The van der Waals surface area contributed by atoms with E-state index in [-0.39, 0.29) is 5.91 Å². The van der Waals surface area contributed by atoms with Crippen LogP contribution in [0, 0.1) is 6.92 Å². The minimum Gasteiger partial charge on any atom is -0.294 e. The highest BCUT2D eigenvalue weighted by molar-refractivity contribution is 8.01. The number of thioether (sulfide) groups is 1. The summed E-state index contributed by atoms with van der Waals surface area (Å²) in [6.45, 7) is 1.93. The average molecular weight is 255 g/mol. The minimum atomic E-state index is -0.130. The summed E-state index contributed by atoms with van der Waals surface area (Å²) in [4.78, 5) is 19.5. The second-order valence-corrected chi connectivity index (χ2v) is 5.01. The van der Waals surface area contributed by atoms with Gasteiger partial charge in [-0.2, -0.15) is 10.1 Å². The van der Waals surface area contributed by atoms with Crippen molar-refractivity contribution < 1.29 is 4.79 Å². The molecule has 0 aliphatic carbocycles. The van der Waals surface area contributed by atoms with Gasteiger partial charge in [0.15, 0.2) is 4.34 Å². The Bertz CT molecular complexity index is 466. The van der Waals surface area contributed by atoms with Crippen LogP contribution >= 0.6 is 23.1 Å². The molecule has 0 aliphatic rings. The Hall–Kier alpha value is -1.41. The van der Waals surface area contributed by atoms with Gasteiger partial charge in [0.2, 0.25) is 11.9 Å². The number of aromatic nitrogens is 4. The van der Waals surface area contributed by atoms with Gasteiger partial charge in [-0.05, 0) is 6.92 Å². The van der Waals surface area contributed by atoms with E-state index < -0.39 is 0 Å². The maximum absolute atomic E-state index is 11.4. The van der Waals surface area contributed by atoms with Gasteiger partial charge >= 0.3 is 0 Å². The van der Waals surface area contributed by atoms with Gasteiger partial charge in [0.05, 0.1) is 5.75 Å². The Kier molecular flexibility index (Phi) is 3.52. The number of aromatic amines is 1. The summed E-state index contributed by atoms with van der Waals surface area (Å²) >= 11 is 2.94. The van der Waals surface area contributed by atoms with E-state index in [4.69, 9.17) is 0 Å². The third-order valence-electron chi connectivity index (χ3n) is 1.60. The molecule has 0 unspecified atom stereocenters. The van der Waals surface area contributed by atoms with Crippen LogP contribution in [-0.2, 0) is 4.79 Å². The summed E-state index contributed by atoms with van der Waals surface area (Å²) in [6, 6.07) is 0. The Morgan fingerprint density at radius 1 is 1.69 bits per heavy atom. The standard InChI is InChI=1S/C8H9N5OS2/c1-5-2-15-8(11-5)16-3-6(14)12-7-9-4-10-13-7/h2,4H,3H2,1H3,(H2,9,10,12,13,14). The first kappa shape index (κ1) is 11.1. The van der Waals surface area contributed by atoms with Crippen molar-refractivity contribution in [1.82, 2.24) is 20.2 Å². The van der Waals surface area contributed by atoms with Gasteiger partial charge in [-0.25, -0.2) is 10.1 Å². The van der Waals surface area contributed by atoms with Crippen molar-refractivity contribution in [2.45, 2.75) is 11.3 Å². The smallest absolute Gasteiger partial charge is 0.237 e. The molecule has 2 aromatic heterocycles. The third kappa shape index (κ3) is 3.04. The fourth-order valence-corrected chi connectivity index (χ4v) is 2.61. The molecule has 0 saturated carbocycles. The Morgan fingerprint density at radius 3 is 3.19 bits per heavy atom. The van der Waals surface area contributed by atoms with Crippen LogP contribution in [0.4, 0.5) is 5.95 Å². The molecule has 6 nitrogen and oxygen atoms in total. The summed E-state index contributed by atoms with van der Waals surface area (Å²) in [5.74, 6) is 0.545. The molecule has 0 fully saturated rings. The number of thiazole rings is 1. The fourth-order valence-electron chi connectivity index (χ4n) is 0.960. The highest BCUT2D eigenvalue weighted by Gasteiger charge is 2.06. The molecule has 0 spiro atoms. The van der Waals surface area contributed by atoms with Crippen molar-refractivity contribution in [2.24, 2.45) is 0 Å². The zero-order valence-electron chi connectivity index (χ0n) is 8.43. The first-order valence-corrected chi connectivity index (χ1v) is 6.31. The molecule has 8 heteroatoms. The van der Waals surface area contributed by atoms with Crippen LogP contribution in [0.2, 0.25) is 0 Å². The van der Waals surface area contributed by atoms with Crippen LogP contribution in [0.1, 0.15) is 5.69 Å². The number of carbonyl (C=O) groups is 1. The predicted octanol–water partition coefficient (Wildman–Crippen LogP) is 1.30. The van der Waals surface area contributed by atoms with Crippen molar-refractivity contribution in [1.29, 1.82) is 0 Å². The van der Waals surface area contributed by atoms with E-state index in [2.05, 4.69) is 25.5 Å². The summed E-state index contributed by atoms with van der Waals surface area (Å²) in [7, 11) is 0. The number of anilines is 1. The normalized spacial score (nSPS) is 10.3. The highest BCUT2D eigenvalue weighted by Crippen LogP contribution is 2.21. The maximum Gasteiger partial charge on any atom is 0.237 e. The molecule has 1 amide bonds. The second kappa shape index (κ2) is 5.08. The molecule has 0 saturated heterocycles. The van der Waals surface area contributed by atoms with Crippen molar-refractivity contribution >= 4 is 35.0 Å². The maximum atomic E-state index is 11.4. The first-order chi connectivity index (χ1) is 7.74. The summed E-state index contributed by atoms with van der Waals surface area (Å²) in [5, 5.41) is 10.7. The van der Waals surface area contributed by atoms with Crippen molar-refractivity contribution in [3.05, 3.63) is 17.4 Å². The predicted molar refractivity (Wildman–Crippen MR) is 62.6 cm³/mol. The van der Waals surface area contributed by atoms with Crippen LogP contribution < -0.4 is 5.32 Å². The Morgan fingerprint density at radius 2 is 2.56 bits per heavy atom. The number of rotatable bonds is 4. The van der Waals surface area contributed by atoms with Crippen LogP contribution in [0.5, 0.6) is 0 Å². The van der Waals surface area contributed by atoms with Gasteiger partial charge in [-0.1, -0.05) is 11.8 Å². The molecule has 0 aromatic carbocycles. The molecular formula is C8H9N5OS2. The van der Waals surface area contributed by atoms with E-state index in [1.54, 1.807) is 0 Å². The van der Waals surface area contributed by atoms with E-state index in [1.165, 1.54) is 29.4 Å². The number of aryl methyl sites for hydroxylation is 1. The van der Waals surface area contributed by atoms with Crippen LogP contribution in [0.15, 0.2) is 16.0 Å². The average Bonchev–Trinajstić information content (AvgIpc) is 2.87. The SMILES string of the molecule is Cc1csc(SCC(=O)Nc2ncn[nH]2)n1. The molecule has 0 atom stereocenters. The van der Waals surface area contributed by atoms with Gasteiger partial charge in [0.1, 0.15) is 6.33 Å². The van der Waals surface area contributed by atoms with Gasteiger partial charge in [0.25, 0.3) is 0 Å². The Balaban J connectivity index is 1.80. The lowest BCUT2D eigenvalue weighted by molar-refractivity contribution is -0.113. The van der Waals surface area contributed by atoms with E-state index in [0.717, 1.165) is 10.0 Å². The number of hydrogen-bond donors (Lipinski definition) is 2. The first-order valence-electron chi connectivity index (χ1n) is 4.44. The molecule has 2 rings (SSSR count). The molecule has 84 valence electrons. The van der Waals surface area contributed by atoms with E-state index in [9.17, 15) is 4.79 Å².